The molecule has 0 bridgehead atoms. The maximum Gasteiger partial charge on any atom is 0.0443 e. The van der Waals surface area contributed by atoms with Crippen molar-refractivity contribution in [3.8, 4) is 0 Å². The molecule has 0 aromatic heterocycles. The predicted octanol–water partition coefficient (Wildman–Crippen LogP) is 1.24. The summed E-state index contributed by atoms with van der Waals surface area (Å²) in [6.07, 6.45) is 6.74. The quantitative estimate of drug-likeness (QED) is 0.687. The third kappa shape index (κ3) is 1.50. The summed E-state index contributed by atoms with van der Waals surface area (Å²) in [6.45, 7) is 4.05. The lowest BCUT2D eigenvalue weighted by Gasteiger charge is -2.38. The van der Waals surface area contributed by atoms with Gasteiger partial charge in [0.25, 0.3) is 0 Å². The van der Waals surface area contributed by atoms with Gasteiger partial charge in [0.2, 0.25) is 0 Å². The monoisotopic (exact) mass is 169 g/mol. The lowest BCUT2D eigenvalue weighted by molar-refractivity contribution is 0.136. The predicted molar refractivity (Wildman–Crippen MR) is 49.0 cm³/mol. The highest BCUT2D eigenvalue weighted by Gasteiger charge is 2.42. The molecule has 2 rings (SSSR count). The lowest BCUT2D eigenvalue weighted by atomic mass is 9.68. The second-order valence-corrected chi connectivity index (χ2v) is 4.46. The maximum absolute atomic E-state index is 8.70. The zero-order valence-corrected chi connectivity index (χ0v) is 7.76. The van der Waals surface area contributed by atoms with Crippen LogP contribution in [0.5, 0.6) is 0 Å². The topological polar surface area (TPSA) is 23.5 Å². The van der Waals surface area contributed by atoms with E-state index in [-0.39, 0.29) is 0 Å². The van der Waals surface area contributed by atoms with Crippen molar-refractivity contribution in [2.24, 2.45) is 5.41 Å². The number of rotatable bonds is 3. The average molecular weight is 169 g/mol. The fourth-order valence-electron chi connectivity index (χ4n) is 2.60. The lowest BCUT2D eigenvalue weighted by Crippen LogP contribution is -2.33. The zero-order chi connectivity index (χ0) is 8.44. The van der Waals surface area contributed by atoms with E-state index in [2.05, 4.69) is 4.90 Å². The highest BCUT2D eigenvalue weighted by molar-refractivity contribution is 4.95. The van der Waals surface area contributed by atoms with E-state index in [4.69, 9.17) is 5.11 Å². The average Bonchev–Trinajstić information content (AvgIpc) is 2.44. The molecule has 1 spiro atoms. The van der Waals surface area contributed by atoms with Crippen molar-refractivity contribution in [2.45, 2.75) is 32.1 Å². The Hall–Kier alpha value is -0.0800. The Labute approximate surface area is 74.6 Å². The molecule has 2 heteroatoms. The van der Waals surface area contributed by atoms with E-state index in [1.807, 2.05) is 0 Å². The zero-order valence-electron chi connectivity index (χ0n) is 7.76. The third-order valence-corrected chi connectivity index (χ3v) is 3.56. The summed E-state index contributed by atoms with van der Waals surface area (Å²) < 4.78 is 0. The SMILES string of the molecule is OCCCN1CCC2(CCC2)C1. The van der Waals surface area contributed by atoms with Crippen molar-refractivity contribution in [3.63, 3.8) is 0 Å². The fourth-order valence-corrected chi connectivity index (χ4v) is 2.60. The molecule has 2 aliphatic rings. The number of likely N-dealkylation sites (tertiary alicyclic amines) is 1. The van der Waals surface area contributed by atoms with Gasteiger partial charge in [0, 0.05) is 19.7 Å². The summed E-state index contributed by atoms with van der Waals surface area (Å²) in [5, 5.41) is 8.70. The molecule has 1 N–H and O–H groups in total. The molecular weight excluding hydrogens is 150 g/mol. The highest BCUT2D eigenvalue weighted by Crippen LogP contribution is 2.47. The largest absolute Gasteiger partial charge is 0.396 e. The Morgan fingerprint density at radius 2 is 2.08 bits per heavy atom. The Bertz CT molecular complexity index is 152. The van der Waals surface area contributed by atoms with Crippen LogP contribution in [0.25, 0.3) is 0 Å². The second-order valence-electron chi connectivity index (χ2n) is 4.46. The first-order chi connectivity index (χ1) is 5.85. The van der Waals surface area contributed by atoms with Gasteiger partial charge in [0.05, 0.1) is 0 Å². The maximum atomic E-state index is 8.70. The number of aliphatic hydroxyl groups is 1. The minimum absolute atomic E-state index is 0.351. The van der Waals surface area contributed by atoms with Crippen molar-refractivity contribution in [3.05, 3.63) is 0 Å². The van der Waals surface area contributed by atoms with Gasteiger partial charge in [-0.2, -0.15) is 0 Å². The molecule has 1 aliphatic carbocycles. The molecule has 1 aliphatic heterocycles. The number of aliphatic hydroxyl groups excluding tert-OH is 1. The van der Waals surface area contributed by atoms with Gasteiger partial charge in [0.1, 0.15) is 0 Å². The third-order valence-electron chi connectivity index (χ3n) is 3.56. The summed E-state index contributed by atoms with van der Waals surface area (Å²) in [5.74, 6) is 0. The molecule has 1 saturated carbocycles. The molecule has 0 unspecified atom stereocenters. The smallest absolute Gasteiger partial charge is 0.0443 e. The summed E-state index contributed by atoms with van der Waals surface area (Å²) >= 11 is 0. The molecule has 1 heterocycles. The van der Waals surface area contributed by atoms with Crippen LogP contribution in [0.1, 0.15) is 32.1 Å². The van der Waals surface area contributed by atoms with Crippen molar-refractivity contribution in [2.75, 3.05) is 26.2 Å². The molecule has 0 amide bonds. The van der Waals surface area contributed by atoms with Crippen LogP contribution in [-0.4, -0.2) is 36.2 Å². The van der Waals surface area contributed by atoms with Gasteiger partial charge in [-0.3, -0.25) is 0 Å². The number of hydrogen-bond acceptors (Lipinski definition) is 2. The van der Waals surface area contributed by atoms with Crippen LogP contribution < -0.4 is 0 Å². The van der Waals surface area contributed by atoms with Gasteiger partial charge in [-0.15, -0.1) is 0 Å². The van der Waals surface area contributed by atoms with Crippen LogP contribution in [0.15, 0.2) is 0 Å². The van der Waals surface area contributed by atoms with E-state index in [0.717, 1.165) is 18.4 Å². The Morgan fingerprint density at radius 1 is 1.25 bits per heavy atom. The first kappa shape index (κ1) is 8.52. The van der Waals surface area contributed by atoms with Gasteiger partial charge in [0.15, 0.2) is 0 Å². The minimum atomic E-state index is 0.351. The van der Waals surface area contributed by atoms with Gasteiger partial charge in [-0.1, -0.05) is 6.42 Å². The Balaban J connectivity index is 1.74. The molecule has 2 nitrogen and oxygen atoms in total. The summed E-state index contributed by atoms with van der Waals surface area (Å²) in [7, 11) is 0. The Kier molecular flexibility index (Phi) is 2.37. The highest BCUT2D eigenvalue weighted by atomic mass is 16.3. The molecule has 0 atom stereocenters. The molecule has 2 fully saturated rings. The first-order valence-corrected chi connectivity index (χ1v) is 5.18. The van der Waals surface area contributed by atoms with Crippen molar-refractivity contribution >= 4 is 0 Å². The number of nitrogens with zero attached hydrogens (tertiary/aromatic N) is 1. The van der Waals surface area contributed by atoms with Crippen molar-refractivity contribution in [1.82, 2.24) is 4.90 Å². The van der Waals surface area contributed by atoms with Gasteiger partial charge in [-0.25, -0.2) is 0 Å². The van der Waals surface area contributed by atoms with Crippen LogP contribution in [0, 0.1) is 5.41 Å². The first-order valence-electron chi connectivity index (χ1n) is 5.18. The van der Waals surface area contributed by atoms with Gasteiger partial charge < -0.3 is 10.0 Å². The minimum Gasteiger partial charge on any atom is -0.396 e. The van der Waals surface area contributed by atoms with Crippen molar-refractivity contribution in [1.29, 1.82) is 0 Å². The second kappa shape index (κ2) is 3.35. The molecule has 1 saturated heterocycles. The molecule has 0 aromatic rings. The van der Waals surface area contributed by atoms with Gasteiger partial charge >= 0.3 is 0 Å². The standard InChI is InChI=1S/C10H19NO/c12-8-2-6-11-7-5-10(9-11)3-1-4-10/h12H,1-9H2. The van der Waals surface area contributed by atoms with E-state index in [1.54, 1.807) is 0 Å². The molecule has 0 aromatic carbocycles. The van der Waals surface area contributed by atoms with Crippen LogP contribution in [0.2, 0.25) is 0 Å². The number of hydrogen-bond donors (Lipinski definition) is 1. The van der Waals surface area contributed by atoms with E-state index in [1.165, 1.54) is 38.8 Å². The summed E-state index contributed by atoms with van der Waals surface area (Å²) in [6, 6.07) is 0. The van der Waals surface area contributed by atoms with Crippen LogP contribution >= 0.6 is 0 Å². The van der Waals surface area contributed by atoms with Crippen LogP contribution in [-0.2, 0) is 0 Å². The molecular formula is C10H19NO. The molecule has 12 heavy (non-hydrogen) atoms. The normalized spacial score (nSPS) is 27.8. The van der Waals surface area contributed by atoms with E-state index >= 15 is 0 Å². The summed E-state index contributed by atoms with van der Waals surface area (Å²) in [5.41, 5.74) is 0.732. The Morgan fingerprint density at radius 3 is 2.58 bits per heavy atom. The van der Waals surface area contributed by atoms with Gasteiger partial charge in [-0.05, 0) is 37.6 Å². The van der Waals surface area contributed by atoms with E-state index in [9.17, 15) is 0 Å². The molecule has 70 valence electrons. The van der Waals surface area contributed by atoms with Crippen LogP contribution in [0.4, 0.5) is 0 Å². The summed E-state index contributed by atoms with van der Waals surface area (Å²) in [4.78, 5) is 2.52. The fraction of sp³-hybridized carbons (Fsp3) is 1.00. The van der Waals surface area contributed by atoms with E-state index < -0.39 is 0 Å². The van der Waals surface area contributed by atoms with Crippen LogP contribution in [0.3, 0.4) is 0 Å². The molecule has 0 radical (unpaired) electrons. The van der Waals surface area contributed by atoms with Crippen molar-refractivity contribution < 1.29 is 5.11 Å². The van der Waals surface area contributed by atoms with E-state index in [0.29, 0.717) is 6.61 Å².